The van der Waals surface area contributed by atoms with Gasteiger partial charge in [0.2, 0.25) is 5.91 Å². The summed E-state index contributed by atoms with van der Waals surface area (Å²) in [7, 11) is 0. The minimum Gasteiger partial charge on any atom is -0.491 e. The van der Waals surface area contributed by atoms with Gasteiger partial charge in [0.1, 0.15) is 5.75 Å². The fraction of sp³-hybridized carbons (Fsp3) is 0.562. The highest BCUT2D eigenvalue weighted by molar-refractivity contribution is 6.32. The van der Waals surface area contributed by atoms with Gasteiger partial charge in [-0.2, -0.15) is 0 Å². The van der Waals surface area contributed by atoms with Crippen LogP contribution in [0.15, 0.2) is 24.3 Å². The molecule has 0 bridgehead atoms. The third-order valence-corrected chi connectivity index (χ3v) is 4.40. The SMILES string of the molecule is O=C(CCOc1ccccc1Cl)NCC1(CO)CCCC1. The van der Waals surface area contributed by atoms with Crippen molar-refractivity contribution >= 4 is 17.5 Å². The molecule has 0 aromatic heterocycles. The second-order valence-corrected chi connectivity index (χ2v) is 6.08. The van der Waals surface area contributed by atoms with Gasteiger partial charge < -0.3 is 15.2 Å². The number of carbonyl (C=O) groups is 1. The van der Waals surface area contributed by atoms with Crippen molar-refractivity contribution in [3.05, 3.63) is 29.3 Å². The Labute approximate surface area is 130 Å². The van der Waals surface area contributed by atoms with Crippen molar-refractivity contribution in [1.82, 2.24) is 5.32 Å². The van der Waals surface area contributed by atoms with Gasteiger partial charge in [-0.05, 0) is 25.0 Å². The smallest absolute Gasteiger partial charge is 0.223 e. The quantitative estimate of drug-likeness (QED) is 0.814. The van der Waals surface area contributed by atoms with Crippen molar-refractivity contribution in [2.45, 2.75) is 32.1 Å². The second kappa shape index (κ2) is 7.66. The van der Waals surface area contributed by atoms with E-state index in [2.05, 4.69) is 5.32 Å². The predicted molar refractivity (Wildman–Crippen MR) is 82.6 cm³/mol. The van der Waals surface area contributed by atoms with E-state index >= 15 is 0 Å². The Morgan fingerprint density at radius 1 is 1.33 bits per heavy atom. The Kier molecular flexibility index (Phi) is 5.88. The molecule has 0 unspecified atom stereocenters. The van der Waals surface area contributed by atoms with E-state index in [-0.39, 0.29) is 24.3 Å². The van der Waals surface area contributed by atoms with Crippen LogP contribution in [0, 0.1) is 5.41 Å². The second-order valence-electron chi connectivity index (χ2n) is 5.67. The Morgan fingerprint density at radius 3 is 2.71 bits per heavy atom. The molecular weight excluding hydrogens is 290 g/mol. The van der Waals surface area contributed by atoms with E-state index < -0.39 is 0 Å². The van der Waals surface area contributed by atoms with Crippen LogP contribution in [0.3, 0.4) is 0 Å². The molecule has 5 heteroatoms. The minimum absolute atomic E-state index is 0.0539. The van der Waals surface area contributed by atoms with Gasteiger partial charge in [-0.1, -0.05) is 36.6 Å². The number of carbonyl (C=O) groups excluding carboxylic acids is 1. The number of aliphatic hydroxyl groups is 1. The molecular formula is C16H22ClNO3. The molecule has 0 spiro atoms. The first kappa shape index (κ1) is 16.1. The van der Waals surface area contributed by atoms with Gasteiger partial charge in [0.15, 0.2) is 0 Å². The first-order valence-corrected chi connectivity index (χ1v) is 7.78. The summed E-state index contributed by atoms with van der Waals surface area (Å²) in [5.74, 6) is 0.538. The summed E-state index contributed by atoms with van der Waals surface area (Å²) in [6.07, 6.45) is 4.52. The number of aliphatic hydroxyl groups excluding tert-OH is 1. The summed E-state index contributed by atoms with van der Waals surface area (Å²) in [5, 5.41) is 12.9. The first-order chi connectivity index (χ1) is 10.2. The van der Waals surface area contributed by atoms with Crippen LogP contribution in [0.2, 0.25) is 5.02 Å². The molecule has 0 atom stereocenters. The number of ether oxygens (including phenoxy) is 1. The molecule has 0 saturated heterocycles. The zero-order chi connectivity index (χ0) is 15.1. The molecule has 4 nitrogen and oxygen atoms in total. The van der Waals surface area contributed by atoms with E-state index in [0.717, 1.165) is 25.7 Å². The topological polar surface area (TPSA) is 58.6 Å². The summed E-state index contributed by atoms with van der Waals surface area (Å²) in [6, 6.07) is 7.20. The summed E-state index contributed by atoms with van der Waals surface area (Å²) in [6.45, 7) is 0.986. The summed E-state index contributed by atoms with van der Waals surface area (Å²) < 4.78 is 5.49. The van der Waals surface area contributed by atoms with Crippen LogP contribution >= 0.6 is 11.6 Å². The lowest BCUT2D eigenvalue weighted by Gasteiger charge is -2.26. The number of para-hydroxylation sites is 1. The third kappa shape index (κ3) is 4.61. The van der Waals surface area contributed by atoms with Crippen LogP contribution in [0.1, 0.15) is 32.1 Å². The number of rotatable bonds is 7. The summed E-state index contributed by atoms with van der Waals surface area (Å²) >= 11 is 5.97. The summed E-state index contributed by atoms with van der Waals surface area (Å²) in [5.41, 5.74) is -0.112. The van der Waals surface area contributed by atoms with Gasteiger partial charge in [0.05, 0.1) is 24.7 Å². The number of hydrogen-bond acceptors (Lipinski definition) is 3. The van der Waals surface area contributed by atoms with Crippen LogP contribution in [-0.4, -0.2) is 30.8 Å². The maximum Gasteiger partial charge on any atom is 0.223 e. The number of amides is 1. The number of hydrogen-bond donors (Lipinski definition) is 2. The molecule has 1 saturated carbocycles. The average molecular weight is 312 g/mol. The van der Waals surface area contributed by atoms with Crippen LogP contribution in [0.4, 0.5) is 0 Å². The lowest BCUT2D eigenvalue weighted by atomic mass is 9.87. The van der Waals surface area contributed by atoms with Crippen molar-refractivity contribution in [2.24, 2.45) is 5.41 Å². The van der Waals surface area contributed by atoms with E-state index in [4.69, 9.17) is 16.3 Å². The Balaban J connectivity index is 1.69. The molecule has 0 radical (unpaired) electrons. The number of benzene rings is 1. The fourth-order valence-electron chi connectivity index (χ4n) is 2.71. The highest BCUT2D eigenvalue weighted by atomic mass is 35.5. The predicted octanol–water partition coefficient (Wildman–Crippen LogP) is 2.78. The van der Waals surface area contributed by atoms with Gasteiger partial charge in [-0.15, -0.1) is 0 Å². The zero-order valence-corrected chi connectivity index (χ0v) is 12.9. The highest BCUT2D eigenvalue weighted by Crippen LogP contribution is 2.36. The minimum atomic E-state index is -0.112. The number of nitrogens with one attached hydrogen (secondary N) is 1. The Morgan fingerprint density at radius 2 is 2.05 bits per heavy atom. The van der Waals surface area contributed by atoms with Crippen LogP contribution in [0.5, 0.6) is 5.75 Å². The highest BCUT2D eigenvalue weighted by Gasteiger charge is 2.33. The standard InChI is InChI=1S/C16H22ClNO3/c17-13-5-1-2-6-14(13)21-10-7-15(20)18-11-16(12-19)8-3-4-9-16/h1-2,5-6,19H,3-4,7-12H2,(H,18,20). The van der Waals surface area contributed by atoms with Crippen LogP contribution < -0.4 is 10.1 Å². The lowest BCUT2D eigenvalue weighted by Crippen LogP contribution is -2.38. The first-order valence-electron chi connectivity index (χ1n) is 7.40. The van der Waals surface area contributed by atoms with Gasteiger partial charge in [0.25, 0.3) is 0 Å². The fourth-order valence-corrected chi connectivity index (χ4v) is 2.90. The Bertz CT molecular complexity index is 472. The van der Waals surface area contributed by atoms with Gasteiger partial charge in [0, 0.05) is 12.0 Å². The van der Waals surface area contributed by atoms with Crippen molar-refractivity contribution < 1.29 is 14.6 Å². The van der Waals surface area contributed by atoms with Crippen LogP contribution in [-0.2, 0) is 4.79 Å². The monoisotopic (exact) mass is 311 g/mol. The van der Waals surface area contributed by atoms with Gasteiger partial charge in [-0.3, -0.25) is 4.79 Å². The normalized spacial score (nSPS) is 16.7. The molecule has 2 rings (SSSR count). The molecule has 21 heavy (non-hydrogen) atoms. The Hall–Kier alpha value is -1.26. The van der Waals surface area contributed by atoms with Gasteiger partial charge >= 0.3 is 0 Å². The average Bonchev–Trinajstić information content (AvgIpc) is 2.97. The third-order valence-electron chi connectivity index (χ3n) is 4.08. The molecule has 1 amide bonds. The molecule has 0 aliphatic heterocycles. The van der Waals surface area contributed by atoms with E-state index in [1.54, 1.807) is 12.1 Å². The van der Waals surface area contributed by atoms with E-state index in [0.29, 0.717) is 23.9 Å². The molecule has 1 aromatic rings. The maximum atomic E-state index is 11.8. The van der Waals surface area contributed by atoms with Crippen molar-refractivity contribution in [3.63, 3.8) is 0 Å². The van der Waals surface area contributed by atoms with Crippen LogP contribution in [0.25, 0.3) is 0 Å². The molecule has 1 aliphatic carbocycles. The maximum absolute atomic E-state index is 11.8. The van der Waals surface area contributed by atoms with Crippen molar-refractivity contribution in [2.75, 3.05) is 19.8 Å². The molecule has 1 aliphatic rings. The largest absolute Gasteiger partial charge is 0.491 e. The molecule has 0 heterocycles. The summed E-state index contributed by atoms with van der Waals surface area (Å²) in [4.78, 5) is 11.8. The number of halogens is 1. The molecule has 2 N–H and O–H groups in total. The van der Waals surface area contributed by atoms with E-state index in [1.165, 1.54) is 0 Å². The van der Waals surface area contributed by atoms with Crippen molar-refractivity contribution in [1.29, 1.82) is 0 Å². The lowest BCUT2D eigenvalue weighted by molar-refractivity contribution is -0.122. The molecule has 116 valence electrons. The van der Waals surface area contributed by atoms with E-state index in [9.17, 15) is 9.90 Å². The molecule has 1 aromatic carbocycles. The van der Waals surface area contributed by atoms with Gasteiger partial charge in [-0.25, -0.2) is 0 Å². The molecule has 1 fully saturated rings. The van der Waals surface area contributed by atoms with E-state index in [1.807, 2.05) is 12.1 Å². The van der Waals surface area contributed by atoms with Crippen molar-refractivity contribution in [3.8, 4) is 5.75 Å². The zero-order valence-electron chi connectivity index (χ0n) is 12.1.